The average molecular weight is 495 g/mol. The molecule has 2 aliphatic rings. The number of aromatic nitrogens is 4. The first-order chi connectivity index (χ1) is 18.7. The lowest BCUT2D eigenvalue weighted by molar-refractivity contribution is 0.109. The van der Waals surface area contributed by atoms with Crippen molar-refractivity contribution in [2.45, 2.75) is 77.0 Å². The van der Waals surface area contributed by atoms with Crippen molar-refractivity contribution in [1.29, 1.82) is 0 Å². The van der Waals surface area contributed by atoms with Gasteiger partial charge in [-0.05, 0) is 51.6 Å². The lowest BCUT2D eigenvalue weighted by Crippen LogP contribution is -2.43. The average Bonchev–Trinajstić information content (AvgIpc) is 3.29. The van der Waals surface area contributed by atoms with E-state index in [2.05, 4.69) is 51.4 Å². The summed E-state index contributed by atoms with van der Waals surface area (Å²) in [7, 11) is 2.17. The summed E-state index contributed by atoms with van der Waals surface area (Å²) in [5, 5.41) is 19.0. The van der Waals surface area contributed by atoms with Crippen molar-refractivity contribution in [3.8, 4) is 11.3 Å². The molecular weight excluding hydrogens is 450 g/mol. The van der Waals surface area contributed by atoms with E-state index in [9.17, 15) is 5.11 Å². The second kappa shape index (κ2) is 11.2. The molecule has 3 heterocycles. The maximum Gasteiger partial charge on any atom is 0.224 e. The summed E-state index contributed by atoms with van der Waals surface area (Å²) in [6, 6.07) is 8.02. The number of anilines is 1. The molecule has 1 saturated carbocycles. The SMILES string of the molecule is [2H]C([2H])([2H])[C@@H](CCC)Nc1ncc2c(-c3ccc(CN4CCN(C)CC4)cc3)nn(C3CCC(O)CC3)c2n1. The normalized spacial score (nSPS) is 24.2. The van der Waals surface area contributed by atoms with Crippen LogP contribution in [-0.4, -0.2) is 80.0 Å². The van der Waals surface area contributed by atoms with Gasteiger partial charge in [-0.2, -0.15) is 10.1 Å². The van der Waals surface area contributed by atoms with E-state index in [-0.39, 0.29) is 12.1 Å². The summed E-state index contributed by atoms with van der Waals surface area (Å²) in [5.74, 6) is 0.308. The quantitative estimate of drug-likeness (QED) is 0.483. The van der Waals surface area contributed by atoms with Gasteiger partial charge in [0.15, 0.2) is 5.65 Å². The van der Waals surface area contributed by atoms with Gasteiger partial charge in [0.2, 0.25) is 5.95 Å². The molecule has 2 N–H and O–H groups in total. The highest BCUT2D eigenvalue weighted by Crippen LogP contribution is 2.34. The molecule has 2 aromatic heterocycles. The van der Waals surface area contributed by atoms with Crippen LogP contribution in [0.15, 0.2) is 30.5 Å². The fraction of sp³-hybridized carbons (Fsp3) is 0.607. The summed E-state index contributed by atoms with van der Waals surface area (Å²) >= 11 is 0. The second-order valence-corrected chi connectivity index (χ2v) is 10.4. The first-order valence-corrected chi connectivity index (χ1v) is 13.4. The molecule has 36 heavy (non-hydrogen) atoms. The Morgan fingerprint density at radius 3 is 2.56 bits per heavy atom. The topological polar surface area (TPSA) is 82.3 Å². The van der Waals surface area contributed by atoms with E-state index in [1.807, 2.05) is 11.6 Å². The fourth-order valence-electron chi connectivity index (χ4n) is 5.31. The zero-order valence-corrected chi connectivity index (χ0v) is 21.5. The number of piperazine rings is 1. The number of aliphatic hydroxyl groups excluding tert-OH is 1. The Balaban J connectivity index is 1.45. The summed E-state index contributed by atoms with van der Waals surface area (Å²) in [6.45, 7) is 5.12. The number of benzene rings is 1. The van der Waals surface area contributed by atoms with Gasteiger partial charge in [0, 0.05) is 54.6 Å². The van der Waals surface area contributed by atoms with E-state index in [0.717, 1.165) is 81.5 Å². The van der Waals surface area contributed by atoms with Crippen LogP contribution in [0.4, 0.5) is 5.95 Å². The van der Waals surface area contributed by atoms with E-state index in [0.29, 0.717) is 18.0 Å². The first kappa shape index (κ1) is 21.5. The largest absolute Gasteiger partial charge is 0.393 e. The van der Waals surface area contributed by atoms with Crippen LogP contribution in [0.25, 0.3) is 22.3 Å². The maximum atomic E-state index is 10.1. The Kier molecular flexibility index (Phi) is 6.72. The highest BCUT2D eigenvalue weighted by molar-refractivity contribution is 5.91. The van der Waals surface area contributed by atoms with Crippen molar-refractivity contribution in [2.24, 2.45) is 0 Å². The number of aliphatic hydroxyl groups is 1. The predicted octanol–water partition coefficient (Wildman–Crippen LogP) is 4.32. The number of hydrogen-bond donors (Lipinski definition) is 2. The molecule has 5 rings (SSSR count). The van der Waals surface area contributed by atoms with Gasteiger partial charge in [-0.25, -0.2) is 9.67 Å². The predicted molar refractivity (Wildman–Crippen MR) is 145 cm³/mol. The molecule has 1 saturated heterocycles. The van der Waals surface area contributed by atoms with Crippen molar-refractivity contribution in [3.05, 3.63) is 36.0 Å². The maximum absolute atomic E-state index is 10.1. The van der Waals surface area contributed by atoms with Gasteiger partial charge in [0.05, 0.1) is 17.5 Å². The molecule has 8 nitrogen and oxygen atoms in total. The van der Waals surface area contributed by atoms with Crippen LogP contribution in [0.5, 0.6) is 0 Å². The molecule has 8 heteroatoms. The molecule has 0 amide bonds. The van der Waals surface area contributed by atoms with Crippen molar-refractivity contribution in [2.75, 3.05) is 38.5 Å². The van der Waals surface area contributed by atoms with Crippen LogP contribution >= 0.6 is 0 Å². The lowest BCUT2D eigenvalue weighted by Gasteiger charge is -2.32. The minimum absolute atomic E-state index is 0.123. The van der Waals surface area contributed by atoms with E-state index in [4.69, 9.17) is 14.2 Å². The molecule has 1 aliphatic carbocycles. The first-order valence-electron chi connectivity index (χ1n) is 14.9. The van der Waals surface area contributed by atoms with Gasteiger partial charge < -0.3 is 15.3 Å². The third-order valence-corrected chi connectivity index (χ3v) is 7.57. The van der Waals surface area contributed by atoms with Crippen LogP contribution < -0.4 is 5.32 Å². The third-order valence-electron chi connectivity index (χ3n) is 7.57. The highest BCUT2D eigenvalue weighted by Gasteiger charge is 2.26. The molecule has 3 aromatic rings. The van der Waals surface area contributed by atoms with E-state index < -0.39 is 12.9 Å². The summed E-state index contributed by atoms with van der Waals surface area (Å²) < 4.78 is 25.7. The minimum atomic E-state index is -2.15. The van der Waals surface area contributed by atoms with Gasteiger partial charge >= 0.3 is 0 Å². The standard InChI is InChI=1S/C28H41N7O/c1-4-5-20(2)30-28-29-18-25-26(32-35(27(25)31-28)23-10-12-24(36)13-11-23)22-8-6-21(7-9-22)19-34-16-14-33(3)15-17-34/h6-9,18,20,23-24,36H,4-5,10-17,19H2,1-3H3,(H,29,30,31)/t20-,23?,24?/m0/s1/i2D3. The Labute approximate surface area is 218 Å². The van der Waals surface area contributed by atoms with Crippen LogP contribution in [0.2, 0.25) is 0 Å². The third kappa shape index (κ3) is 5.71. The molecule has 2 fully saturated rings. The number of hydrogen-bond acceptors (Lipinski definition) is 7. The molecule has 0 unspecified atom stereocenters. The van der Waals surface area contributed by atoms with E-state index in [1.54, 1.807) is 6.20 Å². The monoisotopic (exact) mass is 494 g/mol. The summed E-state index contributed by atoms with van der Waals surface area (Å²) in [6.07, 6.45) is 5.85. The number of nitrogens with zero attached hydrogens (tertiary/aromatic N) is 6. The van der Waals surface area contributed by atoms with Crippen LogP contribution in [0, 0.1) is 0 Å². The molecule has 0 spiro atoms. The molecule has 0 bridgehead atoms. The Morgan fingerprint density at radius 1 is 1.11 bits per heavy atom. The van der Waals surface area contributed by atoms with Gasteiger partial charge in [-0.1, -0.05) is 37.6 Å². The zero-order chi connectivity index (χ0) is 27.6. The van der Waals surface area contributed by atoms with Crippen LogP contribution in [0.1, 0.15) is 68.0 Å². The number of nitrogens with one attached hydrogen (secondary N) is 1. The number of likely N-dealkylation sites (N-methyl/N-ethyl adjacent to an activating group) is 1. The van der Waals surface area contributed by atoms with Gasteiger partial charge in [-0.3, -0.25) is 4.90 Å². The Hall–Kier alpha value is -2.55. The van der Waals surface area contributed by atoms with Gasteiger partial charge in [0.1, 0.15) is 5.69 Å². The van der Waals surface area contributed by atoms with Crippen LogP contribution in [-0.2, 0) is 6.54 Å². The summed E-state index contributed by atoms with van der Waals surface area (Å²) in [5.41, 5.74) is 3.82. The lowest BCUT2D eigenvalue weighted by atomic mass is 9.93. The van der Waals surface area contributed by atoms with Gasteiger partial charge in [-0.15, -0.1) is 0 Å². The number of rotatable bonds is 8. The van der Waals surface area contributed by atoms with Crippen molar-refractivity contribution < 1.29 is 9.22 Å². The molecule has 194 valence electrons. The van der Waals surface area contributed by atoms with Crippen molar-refractivity contribution in [1.82, 2.24) is 29.5 Å². The minimum Gasteiger partial charge on any atom is -0.393 e. The number of fused-ring (bicyclic) bond motifs is 1. The second-order valence-electron chi connectivity index (χ2n) is 10.4. The fourth-order valence-corrected chi connectivity index (χ4v) is 5.31. The van der Waals surface area contributed by atoms with Crippen molar-refractivity contribution in [3.63, 3.8) is 0 Å². The molecule has 1 atom stereocenters. The molecule has 0 radical (unpaired) electrons. The molecule has 1 aromatic carbocycles. The van der Waals surface area contributed by atoms with E-state index >= 15 is 0 Å². The molecule has 1 aliphatic heterocycles. The Morgan fingerprint density at radius 2 is 1.86 bits per heavy atom. The smallest absolute Gasteiger partial charge is 0.224 e. The van der Waals surface area contributed by atoms with Gasteiger partial charge in [0.25, 0.3) is 0 Å². The Bertz CT molecular complexity index is 1230. The zero-order valence-electron chi connectivity index (χ0n) is 24.5. The van der Waals surface area contributed by atoms with Crippen LogP contribution in [0.3, 0.4) is 0 Å². The van der Waals surface area contributed by atoms with Crippen molar-refractivity contribution >= 4 is 17.0 Å². The molecular formula is C28H41N7O. The van der Waals surface area contributed by atoms with E-state index in [1.165, 1.54) is 5.56 Å². The highest BCUT2D eigenvalue weighted by atomic mass is 16.3. The summed E-state index contributed by atoms with van der Waals surface area (Å²) in [4.78, 5) is 14.2.